The lowest BCUT2D eigenvalue weighted by atomic mass is 10.3. The maximum Gasteiger partial charge on any atom is 0.0686 e. The van der Waals surface area contributed by atoms with E-state index in [9.17, 15) is 0 Å². The second-order valence-electron chi connectivity index (χ2n) is 2.94. The molecule has 0 bridgehead atoms. The van der Waals surface area contributed by atoms with Gasteiger partial charge in [-0.15, -0.1) is 0 Å². The van der Waals surface area contributed by atoms with Crippen LogP contribution in [0.5, 0.6) is 0 Å². The first kappa shape index (κ1) is 11.7. The fraction of sp³-hybridized carbons (Fsp3) is 0.800. The van der Waals surface area contributed by atoms with Gasteiger partial charge in [0.25, 0.3) is 0 Å². The number of hydrogen-bond donors (Lipinski definition) is 1. The van der Waals surface area contributed by atoms with Crippen molar-refractivity contribution in [2.45, 2.75) is 26.7 Å². The van der Waals surface area contributed by atoms with Crippen molar-refractivity contribution in [2.24, 2.45) is 0 Å². The van der Waals surface area contributed by atoms with Crippen LogP contribution < -0.4 is 5.32 Å². The molecule has 0 aromatic heterocycles. The maximum absolute atomic E-state index is 5.39. The van der Waals surface area contributed by atoms with Gasteiger partial charge in [-0.25, -0.2) is 0 Å². The zero-order chi connectivity index (χ0) is 9.23. The van der Waals surface area contributed by atoms with Crippen molar-refractivity contribution in [3.05, 3.63) is 12.2 Å². The van der Waals surface area contributed by atoms with Crippen molar-refractivity contribution in [1.82, 2.24) is 5.32 Å². The molecule has 0 aromatic rings. The van der Waals surface area contributed by atoms with Crippen LogP contribution in [0, 0.1) is 0 Å². The van der Waals surface area contributed by atoms with Crippen LogP contribution in [0.2, 0.25) is 0 Å². The Kier molecular flexibility index (Phi) is 8.51. The van der Waals surface area contributed by atoms with E-state index in [2.05, 4.69) is 25.7 Å². The van der Waals surface area contributed by atoms with Crippen molar-refractivity contribution in [3.63, 3.8) is 0 Å². The summed E-state index contributed by atoms with van der Waals surface area (Å²) < 4.78 is 5.39. The topological polar surface area (TPSA) is 21.3 Å². The van der Waals surface area contributed by atoms with Gasteiger partial charge < -0.3 is 10.1 Å². The summed E-state index contributed by atoms with van der Waals surface area (Å²) in [5.41, 5.74) is 1.13. The number of hydrogen-bond acceptors (Lipinski definition) is 2. The lowest BCUT2D eigenvalue weighted by Crippen LogP contribution is -2.18. The molecule has 0 spiro atoms. The maximum atomic E-state index is 5.39. The van der Waals surface area contributed by atoms with Gasteiger partial charge in [-0.1, -0.05) is 26.8 Å². The van der Waals surface area contributed by atoms with Crippen LogP contribution in [0.25, 0.3) is 0 Å². The van der Waals surface area contributed by atoms with Gasteiger partial charge >= 0.3 is 0 Å². The molecule has 72 valence electrons. The normalized spacial score (nSPS) is 10.2. The summed E-state index contributed by atoms with van der Waals surface area (Å²) in [6.07, 6.45) is 2.34. The number of rotatable bonds is 8. The predicted octanol–water partition coefficient (Wildman–Crippen LogP) is 1.97. The Bertz CT molecular complexity index is 112. The molecule has 0 saturated heterocycles. The van der Waals surface area contributed by atoms with Crippen molar-refractivity contribution in [3.8, 4) is 0 Å². The zero-order valence-electron chi connectivity index (χ0n) is 8.36. The van der Waals surface area contributed by atoms with Crippen LogP contribution in [0.1, 0.15) is 26.7 Å². The molecule has 1 N–H and O–H groups in total. The first-order valence-corrected chi connectivity index (χ1v) is 4.76. The van der Waals surface area contributed by atoms with Crippen LogP contribution in [0.4, 0.5) is 0 Å². The molecule has 0 unspecified atom stereocenters. The van der Waals surface area contributed by atoms with Crippen molar-refractivity contribution in [2.75, 3.05) is 26.3 Å². The third-order valence-corrected chi connectivity index (χ3v) is 1.57. The summed E-state index contributed by atoms with van der Waals surface area (Å²) in [5, 5.41) is 3.21. The first-order chi connectivity index (χ1) is 5.81. The highest BCUT2D eigenvalue weighted by atomic mass is 16.5. The molecule has 2 nitrogen and oxygen atoms in total. The average Bonchev–Trinajstić information content (AvgIpc) is 2.09. The molecule has 0 aromatic carbocycles. The molecule has 0 saturated carbocycles. The van der Waals surface area contributed by atoms with E-state index in [1.54, 1.807) is 0 Å². The summed E-state index contributed by atoms with van der Waals surface area (Å²) in [4.78, 5) is 0. The Morgan fingerprint density at radius 2 is 2.17 bits per heavy atom. The summed E-state index contributed by atoms with van der Waals surface area (Å²) in [5.74, 6) is 0. The highest BCUT2D eigenvalue weighted by Crippen LogP contribution is 1.92. The number of likely N-dealkylation sites (N-methyl/N-ethyl adjacent to an activating group) is 1. The van der Waals surface area contributed by atoms with E-state index in [-0.39, 0.29) is 0 Å². The monoisotopic (exact) mass is 171 g/mol. The number of ether oxygens (including phenoxy) is 1. The average molecular weight is 171 g/mol. The fourth-order valence-corrected chi connectivity index (χ4v) is 0.816. The Hall–Kier alpha value is -0.340. The lowest BCUT2D eigenvalue weighted by Gasteiger charge is -2.06. The standard InChI is InChI=1S/C10H21NO/c1-4-6-7-12-9-10(3)8-11-5-2/h11H,3-9H2,1-2H3. The van der Waals surface area contributed by atoms with E-state index < -0.39 is 0 Å². The Balaban J connectivity index is 3.08. The van der Waals surface area contributed by atoms with Gasteiger partial charge in [0, 0.05) is 13.2 Å². The third kappa shape index (κ3) is 7.76. The lowest BCUT2D eigenvalue weighted by molar-refractivity contribution is 0.151. The minimum Gasteiger partial charge on any atom is -0.377 e. The van der Waals surface area contributed by atoms with Crippen LogP contribution in [0.15, 0.2) is 12.2 Å². The minimum atomic E-state index is 0.701. The van der Waals surface area contributed by atoms with Gasteiger partial charge in [0.15, 0.2) is 0 Å². The summed E-state index contributed by atoms with van der Waals surface area (Å²) in [6.45, 7) is 11.6. The van der Waals surface area contributed by atoms with E-state index in [1.807, 2.05) is 0 Å². The molecule has 12 heavy (non-hydrogen) atoms. The smallest absolute Gasteiger partial charge is 0.0686 e. The van der Waals surface area contributed by atoms with Crippen LogP contribution in [-0.4, -0.2) is 26.3 Å². The SMILES string of the molecule is C=C(CNCC)COCCCC. The molecular weight excluding hydrogens is 150 g/mol. The van der Waals surface area contributed by atoms with Crippen LogP contribution in [-0.2, 0) is 4.74 Å². The van der Waals surface area contributed by atoms with Gasteiger partial charge in [0.05, 0.1) is 6.61 Å². The minimum absolute atomic E-state index is 0.701. The molecule has 0 aliphatic heterocycles. The molecule has 0 aliphatic carbocycles. The largest absolute Gasteiger partial charge is 0.377 e. The van der Waals surface area contributed by atoms with E-state index in [0.29, 0.717) is 6.61 Å². The molecule has 0 heterocycles. The third-order valence-electron chi connectivity index (χ3n) is 1.57. The Morgan fingerprint density at radius 3 is 2.75 bits per heavy atom. The van der Waals surface area contributed by atoms with Crippen molar-refractivity contribution >= 4 is 0 Å². The molecule has 0 rings (SSSR count). The van der Waals surface area contributed by atoms with Gasteiger partial charge in [-0.2, -0.15) is 0 Å². The van der Waals surface area contributed by atoms with Gasteiger partial charge in [0.1, 0.15) is 0 Å². The van der Waals surface area contributed by atoms with E-state index in [4.69, 9.17) is 4.74 Å². The van der Waals surface area contributed by atoms with Gasteiger partial charge in [-0.05, 0) is 18.5 Å². The van der Waals surface area contributed by atoms with Gasteiger partial charge in [0.2, 0.25) is 0 Å². The van der Waals surface area contributed by atoms with Crippen molar-refractivity contribution < 1.29 is 4.74 Å². The van der Waals surface area contributed by atoms with Crippen LogP contribution >= 0.6 is 0 Å². The summed E-state index contributed by atoms with van der Waals surface area (Å²) >= 11 is 0. The first-order valence-electron chi connectivity index (χ1n) is 4.76. The molecule has 2 heteroatoms. The van der Waals surface area contributed by atoms with E-state index in [1.165, 1.54) is 6.42 Å². The molecular formula is C10H21NO. The number of unbranched alkanes of at least 4 members (excludes halogenated alkanes) is 1. The highest BCUT2D eigenvalue weighted by Gasteiger charge is 1.92. The quantitative estimate of drug-likeness (QED) is 0.445. The molecule has 0 radical (unpaired) electrons. The molecule has 0 aliphatic rings. The van der Waals surface area contributed by atoms with Crippen molar-refractivity contribution in [1.29, 1.82) is 0 Å². The van der Waals surface area contributed by atoms with E-state index >= 15 is 0 Å². The van der Waals surface area contributed by atoms with Crippen LogP contribution in [0.3, 0.4) is 0 Å². The zero-order valence-corrected chi connectivity index (χ0v) is 8.36. The summed E-state index contributed by atoms with van der Waals surface area (Å²) in [6, 6.07) is 0. The highest BCUT2D eigenvalue weighted by molar-refractivity contribution is 4.96. The second kappa shape index (κ2) is 8.75. The molecule has 0 fully saturated rings. The van der Waals surface area contributed by atoms with Gasteiger partial charge in [-0.3, -0.25) is 0 Å². The Morgan fingerprint density at radius 1 is 1.42 bits per heavy atom. The predicted molar refractivity (Wildman–Crippen MR) is 53.4 cm³/mol. The van der Waals surface area contributed by atoms with E-state index in [0.717, 1.165) is 31.7 Å². The number of nitrogens with one attached hydrogen (secondary N) is 1. The molecule has 0 atom stereocenters. The Labute approximate surface area is 76.0 Å². The molecule has 0 amide bonds. The fourth-order valence-electron chi connectivity index (χ4n) is 0.816. The summed E-state index contributed by atoms with van der Waals surface area (Å²) in [7, 11) is 0. The second-order valence-corrected chi connectivity index (χ2v) is 2.94.